The molecule has 19 heavy (non-hydrogen) atoms. The van der Waals surface area contributed by atoms with Crippen LogP contribution in [0.5, 0.6) is 0 Å². The lowest BCUT2D eigenvalue weighted by Gasteiger charge is -2.39. The Kier molecular flexibility index (Phi) is 4.13. The zero-order valence-corrected chi connectivity index (χ0v) is 11.9. The van der Waals surface area contributed by atoms with E-state index in [0.29, 0.717) is 5.92 Å². The van der Waals surface area contributed by atoms with Crippen molar-refractivity contribution in [3.63, 3.8) is 0 Å². The van der Waals surface area contributed by atoms with E-state index in [0.717, 1.165) is 31.4 Å². The van der Waals surface area contributed by atoms with Crippen LogP contribution in [-0.2, 0) is 4.79 Å². The Labute approximate surface area is 115 Å². The fourth-order valence-corrected chi connectivity index (χ4v) is 3.05. The Bertz CT molecular complexity index is 441. The maximum Gasteiger partial charge on any atom is 0.243 e. The number of rotatable bonds is 4. The van der Waals surface area contributed by atoms with E-state index in [-0.39, 0.29) is 5.91 Å². The lowest BCUT2D eigenvalue weighted by molar-refractivity contribution is -0.123. The molecule has 1 amide bonds. The summed E-state index contributed by atoms with van der Waals surface area (Å²) in [4.78, 5) is 12.0. The summed E-state index contributed by atoms with van der Waals surface area (Å²) >= 11 is 0. The maximum atomic E-state index is 12.0. The topological polar surface area (TPSA) is 55.1 Å². The zero-order chi connectivity index (χ0) is 13.9. The molecule has 0 spiro atoms. The second-order valence-electron chi connectivity index (χ2n) is 5.81. The number of amides is 1. The summed E-state index contributed by atoms with van der Waals surface area (Å²) in [5.41, 5.74) is 7.34. The monoisotopic (exact) mass is 260 g/mol. The van der Waals surface area contributed by atoms with E-state index in [4.69, 9.17) is 5.73 Å². The Balaban J connectivity index is 2.19. The van der Waals surface area contributed by atoms with Crippen LogP contribution in [0.4, 0.5) is 5.69 Å². The fourth-order valence-electron chi connectivity index (χ4n) is 3.05. The molecule has 104 valence electrons. The lowest BCUT2D eigenvalue weighted by atomic mass is 9.74. The van der Waals surface area contributed by atoms with Gasteiger partial charge in [0.05, 0.1) is 0 Å². The predicted octanol–water partition coefficient (Wildman–Crippen LogP) is 3.23. The molecule has 0 aliphatic heterocycles. The average Bonchev–Trinajstić information content (AvgIpc) is 2.41. The zero-order valence-electron chi connectivity index (χ0n) is 11.9. The van der Waals surface area contributed by atoms with Crippen LogP contribution < -0.4 is 11.1 Å². The van der Waals surface area contributed by atoms with Crippen molar-refractivity contribution in [2.45, 2.75) is 51.5 Å². The van der Waals surface area contributed by atoms with Crippen LogP contribution in [-0.4, -0.2) is 11.4 Å². The highest BCUT2D eigenvalue weighted by molar-refractivity contribution is 5.88. The van der Waals surface area contributed by atoms with Gasteiger partial charge in [0.2, 0.25) is 5.91 Å². The summed E-state index contributed by atoms with van der Waals surface area (Å²) < 4.78 is 0. The first kappa shape index (κ1) is 13.9. The molecule has 0 saturated heterocycles. The van der Waals surface area contributed by atoms with E-state index in [1.54, 1.807) is 0 Å². The summed E-state index contributed by atoms with van der Waals surface area (Å²) in [6, 6.07) is 8.15. The number of aryl methyl sites for hydroxylation is 1. The molecule has 0 radical (unpaired) electrons. The molecule has 3 heteroatoms. The van der Waals surface area contributed by atoms with E-state index in [1.165, 1.54) is 12.0 Å². The SMILES string of the molecule is CCC1CCCC(Nc2ccc(C)cc2)(C(N)=O)C1. The normalized spacial score (nSPS) is 26.9. The highest BCUT2D eigenvalue weighted by Crippen LogP contribution is 2.36. The Morgan fingerprint density at radius 3 is 2.68 bits per heavy atom. The fraction of sp³-hybridized carbons (Fsp3) is 0.562. The number of primary amides is 1. The van der Waals surface area contributed by atoms with Crippen LogP contribution in [0.25, 0.3) is 0 Å². The maximum absolute atomic E-state index is 12.0. The lowest BCUT2D eigenvalue weighted by Crippen LogP contribution is -2.53. The number of hydrogen-bond donors (Lipinski definition) is 2. The molecule has 2 rings (SSSR count). The van der Waals surface area contributed by atoms with Crippen molar-refractivity contribution in [2.75, 3.05) is 5.32 Å². The smallest absolute Gasteiger partial charge is 0.243 e. The summed E-state index contributed by atoms with van der Waals surface area (Å²) in [6.07, 6.45) is 5.09. The van der Waals surface area contributed by atoms with Gasteiger partial charge in [-0.1, -0.05) is 43.9 Å². The summed E-state index contributed by atoms with van der Waals surface area (Å²) in [6.45, 7) is 4.25. The standard InChI is InChI=1S/C16H24N2O/c1-3-13-5-4-10-16(11-13,15(17)19)18-14-8-6-12(2)7-9-14/h6-9,13,18H,3-5,10-11H2,1-2H3,(H2,17,19). The van der Waals surface area contributed by atoms with Gasteiger partial charge in [-0.15, -0.1) is 0 Å². The second-order valence-corrected chi connectivity index (χ2v) is 5.81. The molecule has 2 unspecified atom stereocenters. The van der Waals surface area contributed by atoms with Crippen molar-refractivity contribution in [1.29, 1.82) is 0 Å². The van der Waals surface area contributed by atoms with Gasteiger partial charge in [-0.2, -0.15) is 0 Å². The molecule has 1 aliphatic rings. The number of nitrogens with two attached hydrogens (primary N) is 1. The molecular weight excluding hydrogens is 236 g/mol. The number of carbonyl (C=O) groups excluding carboxylic acids is 1. The highest BCUT2D eigenvalue weighted by Gasteiger charge is 2.40. The van der Waals surface area contributed by atoms with Gasteiger partial charge in [-0.3, -0.25) is 4.79 Å². The van der Waals surface area contributed by atoms with E-state index < -0.39 is 5.54 Å². The molecule has 0 bridgehead atoms. The Hall–Kier alpha value is -1.51. The summed E-state index contributed by atoms with van der Waals surface area (Å²) in [7, 11) is 0. The van der Waals surface area contributed by atoms with Crippen LogP contribution in [0, 0.1) is 12.8 Å². The molecule has 3 nitrogen and oxygen atoms in total. The van der Waals surface area contributed by atoms with Crippen molar-refractivity contribution < 1.29 is 4.79 Å². The first-order valence-electron chi connectivity index (χ1n) is 7.20. The average molecular weight is 260 g/mol. The van der Waals surface area contributed by atoms with Crippen molar-refractivity contribution in [3.05, 3.63) is 29.8 Å². The van der Waals surface area contributed by atoms with Crippen LogP contribution in [0.3, 0.4) is 0 Å². The third-order valence-corrected chi connectivity index (χ3v) is 4.34. The van der Waals surface area contributed by atoms with Crippen LogP contribution in [0.1, 0.15) is 44.6 Å². The van der Waals surface area contributed by atoms with Gasteiger partial charge in [0, 0.05) is 5.69 Å². The minimum absolute atomic E-state index is 0.216. The second kappa shape index (κ2) is 5.64. The first-order valence-corrected chi connectivity index (χ1v) is 7.20. The molecule has 1 saturated carbocycles. The van der Waals surface area contributed by atoms with Crippen LogP contribution >= 0.6 is 0 Å². The molecule has 2 atom stereocenters. The molecule has 0 heterocycles. The molecule has 3 N–H and O–H groups in total. The Morgan fingerprint density at radius 2 is 2.11 bits per heavy atom. The van der Waals surface area contributed by atoms with Gasteiger partial charge in [0.15, 0.2) is 0 Å². The summed E-state index contributed by atoms with van der Waals surface area (Å²) in [5, 5.41) is 3.41. The van der Waals surface area contributed by atoms with Crippen LogP contribution in [0.2, 0.25) is 0 Å². The number of benzene rings is 1. The predicted molar refractivity (Wildman–Crippen MR) is 79.0 cm³/mol. The number of carbonyl (C=O) groups is 1. The minimum Gasteiger partial charge on any atom is -0.371 e. The van der Waals surface area contributed by atoms with Crippen LogP contribution in [0.15, 0.2) is 24.3 Å². The third-order valence-electron chi connectivity index (χ3n) is 4.34. The van der Waals surface area contributed by atoms with E-state index >= 15 is 0 Å². The molecule has 1 aromatic carbocycles. The van der Waals surface area contributed by atoms with Crippen molar-refractivity contribution in [1.82, 2.24) is 0 Å². The highest BCUT2D eigenvalue weighted by atomic mass is 16.1. The molecule has 1 aromatic rings. The van der Waals surface area contributed by atoms with Gasteiger partial charge in [-0.25, -0.2) is 0 Å². The largest absolute Gasteiger partial charge is 0.371 e. The van der Waals surface area contributed by atoms with Crippen molar-refractivity contribution in [2.24, 2.45) is 11.7 Å². The molecule has 1 aliphatic carbocycles. The van der Waals surface area contributed by atoms with Crippen molar-refractivity contribution >= 4 is 11.6 Å². The van der Waals surface area contributed by atoms with Crippen molar-refractivity contribution in [3.8, 4) is 0 Å². The molecule has 1 fully saturated rings. The van der Waals surface area contributed by atoms with E-state index in [9.17, 15) is 4.79 Å². The van der Waals surface area contributed by atoms with E-state index in [1.807, 2.05) is 12.1 Å². The van der Waals surface area contributed by atoms with Gasteiger partial charge in [0.1, 0.15) is 5.54 Å². The molecular formula is C16H24N2O. The number of nitrogens with one attached hydrogen (secondary N) is 1. The number of anilines is 1. The van der Waals surface area contributed by atoms with E-state index in [2.05, 4.69) is 31.3 Å². The van der Waals surface area contributed by atoms with Gasteiger partial charge < -0.3 is 11.1 Å². The number of hydrogen-bond acceptors (Lipinski definition) is 2. The minimum atomic E-state index is -0.561. The third kappa shape index (κ3) is 3.09. The van der Waals surface area contributed by atoms with Gasteiger partial charge in [-0.05, 0) is 37.8 Å². The first-order chi connectivity index (χ1) is 9.05. The Morgan fingerprint density at radius 1 is 1.42 bits per heavy atom. The van der Waals surface area contributed by atoms with Gasteiger partial charge in [0.25, 0.3) is 0 Å². The van der Waals surface area contributed by atoms with Gasteiger partial charge >= 0.3 is 0 Å². The quantitative estimate of drug-likeness (QED) is 0.873. The molecule has 0 aromatic heterocycles. The summed E-state index contributed by atoms with van der Waals surface area (Å²) in [5.74, 6) is 0.380.